The van der Waals surface area contributed by atoms with E-state index in [1.165, 1.54) is 0 Å². The second kappa shape index (κ2) is 8.62. The largest absolute Gasteiger partial charge is 0.378 e. The summed E-state index contributed by atoms with van der Waals surface area (Å²) in [5, 5.41) is 0. The number of rotatable bonds is 5. The Morgan fingerprint density at radius 1 is 1.17 bits per heavy atom. The van der Waals surface area contributed by atoms with Gasteiger partial charge in [-0.25, -0.2) is 0 Å². The third kappa shape index (κ3) is 5.87. The first-order valence-corrected chi connectivity index (χ1v) is 10.7. The number of ether oxygens (including phenoxy) is 1. The van der Waals surface area contributed by atoms with Crippen LogP contribution in [0.15, 0.2) is 0 Å². The molecule has 0 spiro atoms. The van der Waals surface area contributed by atoms with E-state index in [1.54, 1.807) is 26.5 Å². The molecule has 0 aromatic rings. The quantitative estimate of drug-likeness (QED) is 0.557. The van der Waals surface area contributed by atoms with Crippen LogP contribution in [0.2, 0.25) is 0 Å². The highest BCUT2D eigenvalue weighted by Crippen LogP contribution is 2.35. The maximum atomic E-state index is 12.6. The average molecular weight is 361 g/mol. The van der Waals surface area contributed by atoms with Crippen molar-refractivity contribution < 1.29 is 14.3 Å². The van der Waals surface area contributed by atoms with E-state index in [-0.39, 0.29) is 22.6 Å². The Morgan fingerprint density at radius 3 is 2.52 bits per heavy atom. The fraction of sp³-hybridized carbons (Fsp3) is 0.875. The zero-order valence-corrected chi connectivity index (χ0v) is 16.0. The van der Waals surface area contributed by atoms with E-state index in [4.69, 9.17) is 4.74 Å². The molecule has 2 aliphatic rings. The lowest BCUT2D eigenvalue weighted by Crippen LogP contribution is -2.51. The summed E-state index contributed by atoms with van der Waals surface area (Å²) < 4.78 is 5.50. The van der Waals surface area contributed by atoms with E-state index >= 15 is 0 Å². The molecular weight excluding hydrogens is 332 g/mol. The Balaban J connectivity index is 1.80. The van der Waals surface area contributed by atoms with Gasteiger partial charge in [0.05, 0.1) is 13.2 Å². The molecule has 2 heterocycles. The van der Waals surface area contributed by atoms with Crippen molar-refractivity contribution >= 4 is 33.4 Å². The fourth-order valence-electron chi connectivity index (χ4n) is 2.81. The van der Waals surface area contributed by atoms with Gasteiger partial charge in [0.15, 0.2) is 0 Å². The normalized spacial score (nSPS) is 22.5. The Labute approximate surface area is 147 Å². The molecule has 2 aliphatic heterocycles. The maximum absolute atomic E-state index is 12.6. The maximum Gasteiger partial charge on any atom is 0.245 e. The molecule has 0 radical (unpaired) electrons. The third-order valence-electron chi connectivity index (χ3n) is 3.89. The van der Waals surface area contributed by atoms with Crippen LogP contribution in [0.3, 0.4) is 0 Å². The summed E-state index contributed by atoms with van der Waals surface area (Å²) in [7, 11) is 3.55. The van der Waals surface area contributed by atoms with Gasteiger partial charge in [-0.3, -0.25) is 9.59 Å². The van der Waals surface area contributed by atoms with Crippen LogP contribution in [0.25, 0.3) is 0 Å². The molecule has 2 fully saturated rings. The Hall–Kier alpha value is -0.400. The Morgan fingerprint density at radius 2 is 1.87 bits per heavy atom. The predicted molar refractivity (Wildman–Crippen MR) is 96.6 cm³/mol. The van der Waals surface area contributed by atoms with Gasteiger partial charge in [0.25, 0.3) is 0 Å². The average Bonchev–Trinajstić information content (AvgIpc) is 3.00. The van der Waals surface area contributed by atoms with Gasteiger partial charge in [-0.1, -0.05) is 42.4 Å². The van der Waals surface area contributed by atoms with Crippen LogP contribution in [0, 0.1) is 0 Å². The molecule has 0 bridgehead atoms. The lowest BCUT2D eigenvalue weighted by molar-refractivity contribution is -0.146. The number of carbonyl (C=O) groups is 2. The second-order valence-corrected chi connectivity index (χ2v) is 10.2. The van der Waals surface area contributed by atoms with Crippen LogP contribution in [0.4, 0.5) is 0 Å². The number of carbonyl (C=O) groups excluding carboxylic acids is 2. The molecule has 0 aliphatic carbocycles. The number of likely N-dealkylation sites (tertiary alicyclic amines) is 1. The van der Waals surface area contributed by atoms with E-state index in [1.807, 2.05) is 4.90 Å². The summed E-state index contributed by atoms with van der Waals surface area (Å²) in [6.45, 7) is 9.74. The molecule has 2 rings (SSSR count). The molecular formula is C16H28N2O3S2. The van der Waals surface area contributed by atoms with Crippen molar-refractivity contribution in [2.24, 2.45) is 0 Å². The van der Waals surface area contributed by atoms with Crippen molar-refractivity contribution in [1.29, 1.82) is 0 Å². The minimum absolute atomic E-state index is 0.107. The smallest absolute Gasteiger partial charge is 0.245 e. The predicted octanol–water partition coefficient (Wildman–Crippen LogP) is 2.41. The summed E-state index contributed by atoms with van der Waals surface area (Å²) in [5.41, 5.74) is 0. The lowest BCUT2D eigenvalue weighted by Gasteiger charge is -2.32. The van der Waals surface area contributed by atoms with Gasteiger partial charge in [0.1, 0.15) is 6.04 Å². The molecule has 132 valence electrons. The number of hydrogen-bond donors (Lipinski definition) is 0. The number of hydrogen-bond acceptors (Lipinski definition) is 5. The molecule has 1 atom stereocenters. The van der Waals surface area contributed by atoms with Gasteiger partial charge in [-0.15, -0.1) is 0 Å². The molecule has 0 N–H and O–H groups in total. The minimum Gasteiger partial charge on any atom is -0.378 e. The zero-order valence-electron chi connectivity index (χ0n) is 14.4. The van der Waals surface area contributed by atoms with Crippen molar-refractivity contribution in [3.05, 3.63) is 0 Å². The lowest BCUT2D eigenvalue weighted by atomic mass is 10.1. The van der Waals surface area contributed by atoms with Crippen molar-refractivity contribution in [2.75, 3.05) is 38.6 Å². The van der Waals surface area contributed by atoms with Gasteiger partial charge in [0, 0.05) is 36.6 Å². The Kier molecular flexibility index (Phi) is 7.10. The summed E-state index contributed by atoms with van der Waals surface area (Å²) in [6.07, 6.45) is 2.24. The van der Waals surface area contributed by atoms with Crippen LogP contribution < -0.4 is 0 Å². The van der Waals surface area contributed by atoms with E-state index < -0.39 is 0 Å². The molecule has 2 saturated heterocycles. The highest BCUT2D eigenvalue weighted by Gasteiger charge is 2.36. The highest BCUT2D eigenvalue weighted by molar-refractivity contribution is 8.77. The van der Waals surface area contributed by atoms with E-state index in [2.05, 4.69) is 20.8 Å². The van der Waals surface area contributed by atoms with Gasteiger partial charge in [-0.05, 0) is 12.8 Å². The molecule has 0 saturated carbocycles. The van der Waals surface area contributed by atoms with E-state index in [9.17, 15) is 9.59 Å². The van der Waals surface area contributed by atoms with Gasteiger partial charge in [0.2, 0.25) is 11.8 Å². The summed E-state index contributed by atoms with van der Waals surface area (Å²) >= 11 is 0. The van der Waals surface area contributed by atoms with Gasteiger partial charge < -0.3 is 14.5 Å². The van der Waals surface area contributed by atoms with Crippen LogP contribution in [-0.2, 0) is 14.3 Å². The molecule has 5 nitrogen and oxygen atoms in total. The molecule has 0 aromatic carbocycles. The SMILES string of the molecule is CC(C)(C)SSCCC(=O)N1CCC[C@H]1C(=O)N1CCOCC1. The van der Waals surface area contributed by atoms with Crippen LogP contribution in [0.5, 0.6) is 0 Å². The molecule has 0 aromatic heterocycles. The van der Waals surface area contributed by atoms with Gasteiger partial charge >= 0.3 is 0 Å². The fourth-order valence-corrected chi connectivity index (χ4v) is 5.06. The van der Waals surface area contributed by atoms with Crippen molar-refractivity contribution in [3.63, 3.8) is 0 Å². The first-order chi connectivity index (χ1) is 10.9. The highest BCUT2D eigenvalue weighted by atomic mass is 33.1. The molecule has 7 heteroatoms. The van der Waals surface area contributed by atoms with E-state index in [0.717, 1.165) is 25.1 Å². The van der Waals surface area contributed by atoms with E-state index in [0.29, 0.717) is 32.7 Å². The standard InChI is InChI=1S/C16H28N2O3S2/c1-16(2,3)23-22-12-6-14(19)18-7-4-5-13(18)15(20)17-8-10-21-11-9-17/h13H,4-12H2,1-3H3/t13-/m0/s1. The third-order valence-corrected chi connectivity index (χ3v) is 7.23. The summed E-state index contributed by atoms with van der Waals surface area (Å²) in [4.78, 5) is 28.8. The van der Waals surface area contributed by atoms with Crippen LogP contribution >= 0.6 is 21.6 Å². The molecule has 0 unspecified atom stereocenters. The van der Waals surface area contributed by atoms with Crippen molar-refractivity contribution in [3.8, 4) is 0 Å². The number of morpholine rings is 1. The zero-order chi connectivity index (χ0) is 16.9. The van der Waals surface area contributed by atoms with Crippen LogP contribution in [-0.4, -0.2) is 71.0 Å². The first kappa shape index (κ1) is 18.9. The molecule has 23 heavy (non-hydrogen) atoms. The van der Waals surface area contributed by atoms with Crippen molar-refractivity contribution in [2.45, 2.75) is 50.8 Å². The summed E-state index contributed by atoms with van der Waals surface area (Å²) in [6, 6.07) is -0.249. The topological polar surface area (TPSA) is 49.9 Å². The molecule has 2 amide bonds. The monoisotopic (exact) mass is 360 g/mol. The Bertz CT molecular complexity index is 420. The first-order valence-electron chi connectivity index (χ1n) is 8.35. The minimum atomic E-state index is -0.249. The second-order valence-electron chi connectivity index (χ2n) is 6.95. The van der Waals surface area contributed by atoms with Crippen LogP contribution in [0.1, 0.15) is 40.0 Å². The van der Waals surface area contributed by atoms with Crippen molar-refractivity contribution in [1.82, 2.24) is 9.80 Å². The summed E-state index contributed by atoms with van der Waals surface area (Å²) in [5.74, 6) is 1.03. The van der Waals surface area contributed by atoms with Gasteiger partial charge in [-0.2, -0.15) is 0 Å². The number of nitrogens with zero attached hydrogens (tertiary/aromatic N) is 2. The number of amides is 2.